The molecular formula is C19H26N4O3S. The smallest absolute Gasteiger partial charge is 0.246 e. The van der Waals surface area contributed by atoms with Crippen molar-refractivity contribution < 1.29 is 13.2 Å². The summed E-state index contributed by atoms with van der Waals surface area (Å²) in [6.07, 6.45) is 1.86. The van der Waals surface area contributed by atoms with Crippen molar-refractivity contribution in [3.8, 4) is 0 Å². The lowest BCUT2D eigenvalue weighted by atomic mass is 9.97. The second-order valence-electron chi connectivity index (χ2n) is 6.97. The van der Waals surface area contributed by atoms with Gasteiger partial charge in [-0.3, -0.25) is 9.89 Å². The molecular weight excluding hydrogens is 364 g/mol. The summed E-state index contributed by atoms with van der Waals surface area (Å²) in [7, 11) is -3.57. The highest BCUT2D eigenvalue weighted by Crippen LogP contribution is 2.26. The number of piperidine rings is 1. The van der Waals surface area contributed by atoms with Crippen LogP contribution in [-0.2, 0) is 21.2 Å². The maximum atomic E-state index is 12.9. The van der Waals surface area contributed by atoms with Crippen LogP contribution in [0, 0.1) is 19.8 Å². The molecule has 1 saturated heterocycles. The highest BCUT2D eigenvalue weighted by atomic mass is 32.2. The van der Waals surface area contributed by atoms with Crippen molar-refractivity contribution in [3.63, 3.8) is 0 Å². The van der Waals surface area contributed by atoms with Crippen LogP contribution in [-0.4, -0.2) is 48.5 Å². The number of aromatic nitrogens is 2. The fourth-order valence-electron chi connectivity index (χ4n) is 3.53. The molecule has 1 aliphatic heterocycles. The van der Waals surface area contributed by atoms with E-state index in [0.717, 1.165) is 6.42 Å². The van der Waals surface area contributed by atoms with Crippen LogP contribution >= 0.6 is 0 Å². The molecule has 2 heterocycles. The monoisotopic (exact) mass is 390 g/mol. The zero-order valence-electron chi connectivity index (χ0n) is 15.7. The van der Waals surface area contributed by atoms with E-state index in [1.165, 1.54) is 9.87 Å². The van der Waals surface area contributed by atoms with Gasteiger partial charge in [-0.1, -0.05) is 30.3 Å². The number of carbonyl (C=O) groups excluding carboxylic acids is 1. The van der Waals surface area contributed by atoms with E-state index >= 15 is 0 Å². The van der Waals surface area contributed by atoms with Gasteiger partial charge in [-0.25, -0.2) is 8.42 Å². The van der Waals surface area contributed by atoms with Crippen LogP contribution in [0.2, 0.25) is 0 Å². The molecule has 0 radical (unpaired) electrons. The topological polar surface area (TPSA) is 95.2 Å². The molecule has 0 aliphatic carbocycles. The van der Waals surface area contributed by atoms with Gasteiger partial charge in [0.05, 0.1) is 11.4 Å². The number of sulfonamides is 1. The van der Waals surface area contributed by atoms with Crippen LogP contribution in [0.25, 0.3) is 0 Å². The Bertz CT molecular complexity index is 865. The summed E-state index contributed by atoms with van der Waals surface area (Å²) in [5.41, 5.74) is 2.21. The molecule has 0 bridgehead atoms. The predicted molar refractivity (Wildman–Crippen MR) is 103 cm³/mol. The Morgan fingerprint density at radius 3 is 2.48 bits per heavy atom. The fraction of sp³-hybridized carbons (Fsp3) is 0.474. The van der Waals surface area contributed by atoms with Gasteiger partial charge in [0.15, 0.2) is 0 Å². The van der Waals surface area contributed by atoms with Gasteiger partial charge in [-0.15, -0.1) is 0 Å². The van der Waals surface area contributed by atoms with Crippen molar-refractivity contribution in [2.24, 2.45) is 5.92 Å². The lowest BCUT2D eigenvalue weighted by molar-refractivity contribution is -0.126. The average molecular weight is 391 g/mol. The highest BCUT2D eigenvalue weighted by Gasteiger charge is 2.34. The molecule has 1 amide bonds. The molecule has 2 aromatic rings. The number of rotatable bonds is 6. The van der Waals surface area contributed by atoms with Crippen molar-refractivity contribution in [1.82, 2.24) is 19.8 Å². The van der Waals surface area contributed by atoms with Crippen LogP contribution in [0.4, 0.5) is 0 Å². The molecule has 0 spiro atoms. The zero-order chi connectivity index (χ0) is 19.4. The van der Waals surface area contributed by atoms with E-state index in [1.54, 1.807) is 13.8 Å². The molecule has 2 N–H and O–H groups in total. The second kappa shape index (κ2) is 8.22. The number of benzene rings is 1. The first kappa shape index (κ1) is 19.6. The van der Waals surface area contributed by atoms with Gasteiger partial charge in [0.1, 0.15) is 4.90 Å². The third-order valence-electron chi connectivity index (χ3n) is 5.04. The molecule has 1 fully saturated rings. The van der Waals surface area contributed by atoms with Crippen molar-refractivity contribution >= 4 is 15.9 Å². The number of hydrogen-bond acceptors (Lipinski definition) is 4. The Morgan fingerprint density at radius 1 is 1.22 bits per heavy atom. The van der Waals surface area contributed by atoms with Gasteiger partial charge >= 0.3 is 0 Å². The van der Waals surface area contributed by atoms with Gasteiger partial charge in [0, 0.05) is 25.6 Å². The average Bonchev–Trinajstić information content (AvgIpc) is 3.01. The summed E-state index contributed by atoms with van der Waals surface area (Å²) in [4.78, 5) is 12.6. The lowest BCUT2D eigenvalue weighted by Gasteiger charge is -2.30. The van der Waals surface area contributed by atoms with Gasteiger partial charge < -0.3 is 5.32 Å². The van der Waals surface area contributed by atoms with Crippen molar-refractivity contribution in [2.45, 2.75) is 38.0 Å². The van der Waals surface area contributed by atoms with Gasteiger partial charge in [0.25, 0.3) is 0 Å². The number of amides is 1. The van der Waals surface area contributed by atoms with Crippen molar-refractivity contribution in [2.75, 3.05) is 19.6 Å². The normalized spacial score (nSPS) is 16.4. The number of carbonyl (C=O) groups is 1. The quantitative estimate of drug-likeness (QED) is 0.786. The van der Waals surface area contributed by atoms with Gasteiger partial charge in [-0.2, -0.15) is 9.40 Å². The number of H-pyrrole nitrogens is 1. The van der Waals surface area contributed by atoms with Crippen molar-refractivity contribution in [1.29, 1.82) is 0 Å². The Balaban J connectivity index is 1.52. The number of hydrogen-bond donors (Lipinski definition) is 2. The van der Waals surface area contributed by atoms with E-state index < -0.39 is 10.0 Å². The predicted octanol–water partition coefficient (Wildman–Crippen LogP) is 1.79. The van der Waals surface area contributed by atoms with Crippen LogP contribution in [0.5, 0.6) is 0 Å². The molecule has 1 aliphatic rings. The molecule has 7 nitrogen and oxygen atoms in total. The zero-order valence-corrected chi connectivity index (χ0v) is 16.6. The van der Waals surface area contributed by atoms with E-state index in [-0.39, 0.29) is 16.7 Å². The van der Waals surface area contributed by atoms with Crippen LogP contribution in [0.3, 0.4) is 0 Å². The highest BCUT2D eigenvalue weighted by molar-refractivity contribution is 7.89. The Labute approximate surface area is 160 Å². The van der Waals surface area contributed by atoms with Crippen LogP contribution in [0.1, 0.15) is 29.8 Å². The number of aryl methyl sites for hydroxylation is 2. The first-order chi connectivity index (χ1) is 12.9. The minimum Gasteiger partial charge on any atom is -0.356 e. The Hall–Kier alpha value is -2.19. The van der Waals surface area contributed by atoms with Crippen LogP contribution < -0.4 is 5.32 Å². The molecule has 8 heteroatoms. The standard InChI is InChI=1S/C19H26N4O3S/c1-14-18(15(2)22-21-14)27(25,26)23-12-9-17(10-13-23)19(24)20-11-8-16-6-4-3-5-7-16/h3-7,17H,8-13H2,1-2H3,(H,20,24)(H,21,22). The van der Waals surface area contributed by atoms with Gasteiger partial charge in [0.2, 0.25) is 15.9 Å². The lowest BCUT2D eigenvalue weighted by Crippen LogP contribution is -2.43. The third-order valence-corrected chi connectivity index (χ3v) is 7.20. The van der Waals surface area contributed by atoms with Crippen LogP contribution in [0.15, 0.2) is 35.2 Å². The van der Waals surface area contributed by atoms with E-state index in [2.05, 4.69) is 15.5 Å². The largest absolute Gasteiger partial charge is 0.356 e. The number of nitrogens with zero attached hydrogens (tertiary/aromatic N) is 2. The number of aromatic amines is 1. The summed E-state index contributed by atoms with van der Waals surface area (Å²) in [5.74, 6) is -0.127. The Morgan fingerprint density at radius 2 is 1.89 bits per heavy atom. The molecule has 0 atom stereocenters. The SMILES string of the molecule is Cc1n[nH]c(C)c1S(=O)(=O)N1CCC(C(=O)NCCc2ccccc2)CC1. The summed E-state index contributed by atoms with van der Waals surface area (Å²) in [6, 6.07) is 10.0. The second-order valence-corrected chi connectivity index (χ2v) is 8.84. The molecule has 1 aromatic heterocycles. The first-order valence-electron chi connectivity index (χ1n) is 9.23. The summed E-state index contributed by atoms with van der Waals surface area (Å²) in [6.45, 7) is 4.68. The maximum Gasteiger partial charge on any atom is 0.246 e. The molecule has 146 valence electrons. The molecule has 0 saturated carbocycles. The third kappa shape index (κ3) is 4.39. The molecule has 27 heavy (non-hydrogen) atoms. The Kier molecular flexibility index (Phi) is 5.96. The van der Waals surface area contributed by atoms with E-state index in [1.807, 2.05) is 30.3 Å². The summed E-state index contributed by atoms with van der Waals surface area (Å²) >= 11 is 0. The van der Waals surface area contributed by atoms with Gasteiger partial charge in [-0.05, 0) is 38.7 Å². The van der Waals surface area contributed by atoms with Crippen molar-refractivity contribution in [3.05, 3.63) is 47.3 Å². The molecule has 3 rings (SSSR count). The van der Waals surface area contributed by atoms with E-state index in [0.29, 0.717) is 43.9 Å². The summed E-state index contributed by atoms with van der Waals surface area (Å²) in [5, 5.41) is 9.69. The first-order valence-corrected chi connectivity index (χ1v) is 10.7. The molecule has 0 unspecified atom stereocenters. The number of nitrogens with one attached hydrogen (secondary N) is 2. The molecule has 1 aromatic carbocycles. The maximum absolute atomic E-state index is 12.9. The summed E-state index contributed by atoms with van der Waals surface area (Å²) < 4.78 is 27.2. The minimum absolute atomic E-state index is 0.0126. The van der Waals surface area contributed by atoms with E-state index in [9.17, 15) is 13.2 Å². The minimum atomic E-state index is -3.57. The fourth-order valence-corrected chi connectivity index (χ4v) is 5.33. The van der Waals surface area contributed by atoms with E-state index in [4.69, 9.17) is 0 Å².